The smallest absolute Gasteiger partial charge is 0.399 e. The predicted octanol–water partition coefficient (Wildman–Crippen LogP) is 6.75. The highest BCUT2D eigenvalue weighted by Gasteiger charge is 2.51. The van der Waals surface area contributed by atoms with Gasteiger partial charge in [0, 0.05) is 16.5 Å². The molecule has 5 aromatic rings. The maximum absolute atomic E-state index is 6.22. The van der Waals surface area contributed by atoms with Crippen molar-refractivity contribution in [2.24, 2.45) is 0 Å². The third-order valence-corrected chi connectivity index (χ3v) is 7.45. The first-order chi connectivity index (χ1) is 16.3. The standard InChI is InChI=1S/C30H28BNO2/c1-29(2)30(3,4)34-31(33-29)23-18-16-21(17-19-23)22-10-9-11-24(20-22)32-27-14-7-5-12-25(27)26-13-6-8-15-28(26)32/h5-20H,1-4H3. The molecule has 0 spiro atoms. The van der Waals surface area contributed by atoms with Crippen LogP contribution in [-0.2, 0) is 9.31 Å². The van der Waals surface area contributed by atoms with Gasteiger partial charge < -0.3 is 13.9 Å². The predicted molar refractivity (Wildman–Crippen MR) is 142 cm³/mol. The Kier molecular flexibility index (Phi) is 4.74. The Balaban J connectivity index is 1.38. The monoisotopic (exact) mass is 445 g/mol. The van der Waals surface area contributed by atoms with Crippen molar-refractivity contribution in [2.75, 3.05) is 0 Å². The molecule has 3 nitrogen and oxygen atoms in total. The average molecular weight is 445 g/mol. The zero-order valence-electron chi connectivity index (χ0n) is 20.1. The minimum absolute atomic E-state index is 0.340. The van der Waals surface area contributed by atoms with Gasteiger partial charge in [-0.25, -0.2) is 0 Å². The second-order valence-electron chi connectivity index (χ2n) is 10.1. The lowest BCUT2D eigenvalue weighted by atomic mass is 9.78. The SMILES string of the molecule is CC1(C)OB(c2ccc(-c3cccc(-n4c5ccccc5c5ccccc54)c3)cc2)OC1(C)C. The Bertz CT molecular complexity index is 1450. The Labute approximate surface area is 201 Å². The minimum atomic E-state index is -0.344. The van der Waals surface area contributed by atoms with Crippen LogP contribution in [0.25, 0.3) is 38.6 Å². The second kappa shape index (κ2) is 7.59. The van der Waals surface area contributed by atoms with E-state index in [1.165, 1.54) is 32.9 Å². The van der Waals surface area contributed by atoms with Crippen LogP contribution >= 0.6 is 0 Å². The zero-order valence-corrected chi connectivity index (χ0v) is 20.1. The summed E-state index contributed by atoms with van der Waals surface area (Å²) in [6, 6.07) is 34.5. The molecular formula is C30H28BNO2. The Morgan fingerprint density at radius 2 is 1.15 bits per heavy atom. The fourth-order valence-corrected chi connectivity index (χ4v) is 4.84. The van der Waals surface area contributed by atoms with Gasteiger partial charge in [0.2, 0.25) is 0 Å². The molecule has 0 N–H and O–H groups in total. The summed E-state index contributed by atoms with van der Waals surface area (Å²) in [6.45, 7) is 8.34. The molecule has 168 valence electrons. The molecule has 1 saturated heterocycles. The lowest BCUT2D eigenvalue weighted by Crippen LogP contribution is -2.41. The van der Waals surface area contributed by atoms with Crippen LogP contribution in [-0.4, -0.2) is 22.9 Å². The van der Waals surface area contributed by atoms with Gasteiger partial charge in [-0.1, -0.05) is 72.8 Å². The van der Waals surface area contributed by atoms with E-state index in [1.807, 2.05) is 0 Å². The fraction of sp³-hybridized carbons (Fsp3) is 0.200. The fourth-order valence-electron chi connectivity index (χ4n) is 4.84. The van der Waals surface area contributed by atoms with E-state index >= 15 is 0 Å². The number of fused-ring (bicyclic) bond motifs is 3. The molecule has 1 aliphatic heterocycles. The lowest BCUT2D eigenvalue weighted by Gasteiger charge is -2.32. The normalized spacial score (nSPS) is 17.0. The van der Waals surface area contributed by atoms with E-state index < -0.39 is 0 Å². The van der Waals surface area contributed by atoms with Gasteiger partial charge in [0.15, 0.2) is 0 Å². The molecule has 2 heterocycles. The summed E-state index contributed by atoms with van der Waals surface area (Å²) < 4.78 is 14.8. The summed E-state index contributed by atoms with van der Waals surface area (Å²) in [5.74, 6) is 0. The summed E-state index contributed by atoms with van der Waals surface area (Å²) in [5.41, 5.74) is 6.31. The molecule has 1 fully saturated rings. The molecule has 6 rings (SSSR count). The van der Waals surface area contributed by atoms with Gasteiger partial charge in [0.1, 0.15) is 0 Å². The molecule has 0 amide bonds. The van der Waals surface area contributed by atoms with Crippen molar-refractivity contribution in [3.63, 3.8) is 0 Å². The molecule has 4 aromatic carbocycles. The molecule has 0 saturated carbocycles. The molecule has 1 aromatic heterocycles. The largest absolute Gasteiger partial charge is 0.494 e. The van der Waals surface area contributed by atoms with Crippen LogP contribution in [0.3, 0.4) is 0 Å². The number of hydrogen-bond donors (Lipinski definition) is 0. The lowest BCUT2D eigenvalue weighted by molar-refractivity contribution is 0.00578. The van der Waals surface area contributed by atoms with Crippen molar-refractivity contribution in [2.45, 2.75) is 38.9 Å². The number of benzene rings is 4. The Hall–Kier alpha value is -3.34. The molecule has 0 aliphatic carbocycles. The molecule has 1 aliphatic rings. The Morgan fingerprint density at radius 1 is 0.588 bits per heavy atom. The number of nitrogens with zero attached hydrogens (tertiary/aromatic N) is 1. The van der Waals surface area contributed by atoms with E-state index in [2.05, 4.69) is 129 Å². The van der Waals surface area contributed by atoms with Crippen molar-refractivity contribution in [3.8, 4) is 16.8 Å². The number of aromatic nitrogens is 1. The molecule has 0 atom stereocenters. The maximum atomic E-state index is 6.22. The quantitative estimate of drug-likeness (QED) is 0.287. The van der Waals surface area contributed by atoms with Gasteiger partial charge in [0.05, 0.1) is 22.2 Å². The van der Waals surface area contributed by atoms with E-state index in [-0.39, 0.29) is 18.3 Å². The molecule has 0 unspecified atom stereocenters. The summed E-state index contributed by atoms with van der Waals surface area (Å²) in [6.07, 6.45) is 0. The number of hydrogen-bond acceptors (Lipinski definition) is 2. The topological polar surface area (TPSA) is 23.4 Å². The number of para-hydroxylation sites is 2. The molecule has 4 heteroatoms. The summed E-state index contributed by atoms with van der Waals surface area (Å²) in [4.78, 5) is 0. The van der Waals surface area contributed by atoms with Crippen molar-refractivity contribution < 1.29 is 9.31 Å². The van der Waals surface area contributed by atoms with Gasteiger partial charge in [0.25, 0.3) is 0 Å². The van der Waals surface area contributed by atoms with Crippen LogP contribution in [0, 0.1) is 0 Å². The summed E-state index contributed by atoms with van der Waals surface area (Å²) in [5, 5.41) is 2.55. The molecule has 0 radical (unpaired) electrons. The maximum Gasteiger partial charge on any atom is 0.494 e. The van der Waals surface area contributed by atoms with Gasteiger partial charge in [-0.2, -0.15) is 0 Å². The van der Waals surface area contributed by atoms with Gasteiger partial charge in [-0.05, 0) is 68.6 Å². The minimum Gasteiger partial charge on any atom is -0.399 e. The second-order valence-corrected chi connectivity index (χ2v) is 10.1. The zero-order chi connectivity index (χ0) is 23.5. The first-order valence-electron chi connectivity index (χ1n) is 11.9. The van der Waals surface area contributed by atoms with Crippen LogP contribution in [0.1, 0.15) is 27.7 Å². The molecule has 0 bridgehead atoms. The van der Waals surface area contributed by atoms with E-state index in [1.54, 1.807) is 0 Å². The van der Waals surface area contributed by atoms with Gasteiger partial charge in [-0.3, -0.25) is 0 Å². The highest BCUT2D eigenvalue weighted by molar-refractivity contribution is 6.62. The third kappa shape index (κ3) is 3.29. The third-order valence-electron chi connectivity index (χ3n) is 7.45. The van der Waals surface area contributed by atoms with Crippen LogP contribution in [0.15, 0.2) is 97.1 Å². The summed E-state index contributed by atoms with van der Waals surface area (Å²) in [7, 11) is -0.344. The van der Waals surface area contributed by atoms with Crippen LogP contribution < -0.4 is 5.46 Å². The van der Waals surface area contributed by atoms with Crippen molar-refractivity contribution >= 4 is 34.4 Å². The van der Waals surface area contributed by atoms with Crippen molar-refractivity contribution in [1.29, 1.82) is 0 Å². The van der Waals surface area contributed by atoms with E-state index in [0.717, 1.165) is 11.2 Å². The highest BCUT2D eigenvalue weighted by atomic mass is 16.7. The van der Waals surface area contributed by atoms with Crippen LogP contribution in [0.4, 0.5) is 0 Å². The van der Waals surface area contributed by atoms with Crippen LogP contribution in [0.5, 0.6) is 0 Å². The van der Waals surface area contributed by atoms with E-state index in [4.69, 9.17) is 9.31 Å². The Morgan fingerprint density at radius 3 is 1.74 bits per heavy atom. The van der Waals surface area contributed by atoms with Gasteiger partial charge >= 0.3 is 7.12 Å². The first kappa shape index (κ1) is 21.2. The van der Waals surface area contributed by atoms with E-state index in [9.17, 15) is 0 Å². The highest BCUT2D eigenvalue weighted by Crippen LogP contribution is 2.37. The number of rotatable bonds is 3. The van der Waals surface area contributed by atoms with Crippen molar-refractivity contribution in [3.05, 3.63) is 97.1 Å². The molecule has 34 heavy (non-hydrogen) atoms. The van der Waals surface area contributed by atoms with Crippen molar-refractivity contribution in [1.82, 2.24) is 4.57 Å². The van der Waals surface area contributed by atoms with Gasteiger partial charge in [-0.15, -0.1) is 0 Å². The van der Waals surface area contributed by atoms with E-state index in [0.29, 0.717) is 0 Å². The first-order valence-corrected chi connectivity index (χ1v) is 11.9. The average Bonchev–Trinajstić information content (AvgIpc) is 3.29. The van der Waals surface area contributed by atoms with Crippen LogP contribution in [0.2, 0.25) is 0 Å². The molecular weight excluding hydrogens is 417 g/mol. The summed E-state index contributed by atoms with van der Waals surface area (Å²) >= 11 is 0.